The fourth-order valence-electron chi connectivity index (χ4n) is 2.18. The minimum Gasteiger partial charge on any atom is -0.399 e. The normalized spacial score (nSPS) is 10.4. The third-order valence-electron chi connectivity index (χ3n) is 3.12. The first-order valence-corrected chi connectivity index (χ1v) is 6.11. The Morgan fingerprint density at radius 1 is 1.29 bits per heavy atom. The molecule has 0 atom stereocenters. The number of benzene rings is 1. The number of fused-ring (bicyclic) bond motifs is 1. The predicted molar refractivity (Wildman–Crippen MR) is 79.6 cm³/mol. The Labute approximate surface area is 120 Å². The zero-order valence-corrected chi connectivity index (χ0v) is 10.9. The number of carbonyl (C=O) groups excluding carboxylic acids is 1. The molecule has 2 aromatic heterocycles. The lowest BCUT2D eigenvalue weighted by Gasteiger charge is -2.03. The fourth-order valence-corrected chi connectivity index (χ4v) is 2.18. The lowest BCUT2D eigenvalue weighted by Crippen LogP contribution is -2.05. The molecule has 6 nitrogen and oxygen atoms in total. The Morgan fingerprint density at radius 2 is 2.10 bits per heavy atom. The Balaban J connectivity index is 2.26. The smallest absolute Gasteiger partial charge is 0.195 e. The number of hydrogen-bond donors (Lipinski definition) is 2. The maximum atomic E-state index is 12.6. The maximum Gasteiger partial charge on any atom is 0.195 e. The van der Waals surface area contributed by atoms with Crippen molar-refractivity contribution in [2.75, 3.05) is 11.5 Å². The van der Waals surface area contributed by atoms with Crippen LogP contribution < -0.4 is 11.5 Å². The van der Waals surface area contributed by atoms with Gasteiger partial charge in [0.2, 0.25) is 0 Å². The maximum absolute atomic E-state index is 12.6. The van der Waals surface area contributed by atoms with E-state index in [1.165, 1.54) is 10.8 Å². The average molecular weight is 277 g/mol. The average Bonchev–Trinajstić information content (AvgIpc) is 2.86. The molecule has 6 heteroatoms. The van der Waals surface area contributed by atoms with Crippen LogP contribution in [0.15, 0.2) is 36.7 Å². The highest BCUT2D eigenvalue weighted by atomic mass is 16.1. The molecule has 0 radical (unpaired) electrons. The van der Waals surface area contributed by atoms with Crippen LogP contribution in [0.25, 0.3) is 5.52 Å². The predicted octanol–water partition coefficient (Wildman–Crippen LogP) is 1.11. The van der Waals surface area contributed by atoms with Crippen LogP contribution in [0, 0.1) is 12.3 Å². The Bertz CT molecular complexity index is 904. The van der Waals surface area contributed by atoms with Crippen molar-refractivity contribution in [2.45, 2.75) is 0 Å². The summed E-state index contributed by atoms with van der Waals surface area (Å²) in [5.41, 5.74) is 13.7. The summed E-state index contributed by atoms with van der Waals surface area (Å²) in [6.07, 6.45) is 6.73. The second-order valence-corrected chi connectivity index (χ2v) is 4.45. The van der Waals surface area contributed by atoms with Crippen molar-refractivity contribution in [1.29, 1.82) is 0 Å². The molecule has 102 valence electrons. The SMILES string of the molecule is C#Cc1cc(C(=O)c2cccc(N)c2)c2c(N)ncnn12. The molecule has 0 fully saturated rings. The van der Waals surface area contributed by atoms with Crippen LogP contribution in [-0.4, -0.2) is 20.4 Å². The van der Waals surface area contributed by atoms with Crippen LogP contribution in [0.2, 0.25) is 0 Å². The van der Waals surface area contributed by atoms with Crippen LogP contribution in [0.3, 0.4) is 0 Å². The van der Waals surface area contributed by atoms with Crippen molar-refractivity contribution in [2.24, 2.45) is 0 Å². The topological polar surface area (TPSA) is 99.3 Å². The minimum atomic E-state index is -0.234. The minimum absolute atomic E-state index is 0.193. The molecule has 0 unspecified atom stereocenters. The second-order valence-electron chi connectivity index (χ2n) is 4.45. The molecule has 2 heterocycles. The van der Waals surface area contributed by atoms with E-state index in [4.69, 9.17) is 17.9 Å². The molecule has 0 aliphatic rings. The lowest BCUT2D eigenvalue weighted by atomic mass is 10.0. The number of nitrogens with zero attached hydrogens (tertiary/aromatic N) is 3. The largest absolute Gasteiger partial charge is 0.399 e. The third-order valence-corrected chi connectivity index (χ3v) is 3.12. The number of hydrogen-bond acceptors (Lipinski definition) is 5. The van der Waals surface area contributed by atoms with E-state index in [2.05, 4.69) is 16.0 Å². The number of terminal acetylenes is 1. The van der Waals surface area contributed by atoms with Crippen LogP contribution in [-0.2, 0) is 0 Å². The summed E-state index contributed by atoms with van der Waals surface area (Å²) in [5, 5.41) is 4.03. The Hall–Kier alpha value is -3.33. The van der Waals surface area contributed by atoms with Crippen molar-refractivity contribution in [3.05, 3.63) is 53.5 Å². The van der Waals surface area contributed by atoms with Crippen LogP contribution in [0.1, 0.15) is 21.6 Å². The highest BCUT2D eigenvalue weighted by molar-refractivity contribution is 6.15. The molecule has 21 heavy (non-hydrogen) atoms. The molecule has 3 aromatic rings. The van der Waals surface area contributed by atoms with Crippen molar-refractivity contribution in [3.63, 3.8) is 0 Å². The van der Waals surface area contributed by atoms with Gasteiger partial charge in [-0.3, -0.25) is 4.79 Å². The molecular weight excluding hydrogens is 266 g/mol. The van der Waals surface area contributed by atoms with Gasteiger partial charge in [-0.2, -0.15) is 5.10 Å². The van der Waals surface area contributed by atoms with Gasteiger partial charge in [-0.1, -0.05) is 18.1 Å². The van der Waals surface area contributed by atoms with Crippen molar-refractivity contribution >= 4 is 22.8 Å². The fraction of sp³-hybridized carbons (Fsp3) is 0. The van der Waals surface area contributed by atoms with Crippen molar-refractivity contribution < 1.29 is 4.79 Å². The van der Waals surface area contributed by atoms with Crippen LogP contribution >= 0.6 is 0 Å². The molecule has 0 amide bonds. The molecule has 0 saturated carbocycles. The third kappa shape index (κ3) is 1.97. The summed E-state index contributed by atoms with van der Waals surface area (Å²) >= 11 is 0. The van der Waals surface area contributed by atoms with Gasteiger partial charge in [0.1, 0.15) is 17.5 Å². The highest BCUT2D eigenvalue weighted by Gasteiger charge is 2.19. The quantitative estimate of drug-likeness (QED) is 0.415. The molecule has 0 spiro atoms. The van der Waals surface area contributed by atoms with E-state index >= 15 is 0 Å². The number of nitrogens with two attached hydrogens (primary N) is 2. The summed E-state index contributed by atoms with van der Waals surface area (Å²) in [5.74, 6) is 2.44. The first-order valence-electron chi connectivity index (χ1n) is 6.11. The van der Waals surface area contributed by atoms with Gasteiger partial charge in [0.05, 0.1) is 5.56 Å². The van der Waals surface area contributed by atoms with Gasteiger partial charge in [0.15, 0.2) is 11.6 Å². The molecule has 3 rings (SSSR count). The first kappa shape index (κ1) is 12.7. The van der Waals surface area contributed by atoms with E-state index in [1.54, 1.807) is 30.3 Å². The number of nitrogen functional groups attached to an aromatic ring is 2. The summed E-state index contributed by atoms with van der Waals surface area (Å²) in [6.45, 7) is 0. The van der Waals surface area contributed by atoms with E-state index in [-0.39, 0.29) is 11.6 Å². The van der Waals surface area contributed by atoms with Gasteiger partial charge in [0, 0.05) is 11.3 Å². The zero-order chi connectivity index (χ0) is 15.0. The molecule has 0 aliphatic carbocycles. The molecule has 0 aliphatic heterocycles. The monoisotopic (exact) mass is 277 g/mol. The van der Waals surface area contributed by atoms with Crippen LogP contribution in [0.5, 0.6) is 0 Å². The molecule has 0 saturated heterocycles. The molecule has 0 bridgehead atoms. The number of rotatable bonds is 2. The zero-order valence-electron chi connectivity index (χ0n) is 10.9. The summed E-state index contributed by atoms with van der Waals surface area (Å²) < 4.78 is 1.43. The summed E-state index contributed by atoms with van der Waals surface area (Å²) in [4.78, 5) is 16.6. The number of ketones is 1. The van der Waals surface area contributed by atoms with E-state index in [9.17, 15) is 4.79 Å². The van der Waals surface area contributed by atoms with Gasteiger partial charge >= 0.3 is 0 Å². The Kier molecular flexibility index (Phi) is 2.81. The summed E-state index contributed by atoms with van der Waals surface area (Å²) in [7, 11) is 0. The van der Waals surface area contributed by atoms with E-state index in [1.807, 2.05) is 0 Å². The van der Waals surface area contributed by atoms with Gasteiger partial charge in [-0.15, -0.1) is 6.42 Å². The van der Waals surface area contributed by atoms with Gasteiger partial charge in [0.25, 0.3) is 0 Å². The van der Waals surface area contributed by atoms with Gasteiger partial charge < -0.3 is 11.5 Å². The lowest BCUT2D eigenvalue weighted by molar-refractivity contribution is 0.104. The first-order chi connectivity index (χ1) is 10.1. The Morgan fingerprint density at radius 3 is 2.81 bits per heavy atom. The van der Waals surface area contributed by atoms with E-state index < -0.39 is 0 Å². The molecular formula is C15H11N5O. The highest BCUT2D eigenvalue weighted by Crippen LogP contribution is 2.23. The van der Waals surface area contributed by atoms with Crippen molar-refractivity contribution in [1.82, 2.24) is 14.6 Å². The number of anilines is 2. The number of aromatic nitrogens is 3. The van der Waals surface area contributed by atoms with Gasteiger partial charge in [-0.25, -0.2) is 9.50 Å². The second kappa shape index (κ2) is 4.65. The van der Waals surface area contributed by atoms with Crippen molar-refractivity contribution in [3.8, 4) is 12.3 Å². The van der Waals surface area contributed by atoms with Crippen LogP contribution in [0.4, 0.5) is 11.5 Å². The molecule has 4 N–H and O–H groups in total. The number of carbonyl (C=O) groups is 1. The molecule has 1 aromatic carbocycles. The standard InChI is InChI=1S/C15H11N5O/c1-2-11-7-12(13-15(17)18-8-19-20(11)13)14(21)9-4-3-5-10(16)6-9/h1,3-8H,16H2,(H2,17,18,19). The van der Waals surface area contributed by atoms with E-state index in [0.717, 1.165) is 0 Å². The van der Waals surface area contributed by atoms with E-state index in [0.29, 0.717) is 28.0 Å². The van der Waals surface area contributed by atoms with Gasteiger partial charge in [-0.05, 0) is 18.2 Å². The summed E-state index contributed by atoms with van der Waals surface area (Å²) in [6, 6.07) is 8.27.